The number of nitro benzene ring substituents is 2. The molecule has 4 rings (SSSR count). The topological polar surface area (TPSA) is 134 Å². The molecule has 0 fully saturated rings. The van der Waals surface area contributed by atoms with E-state index in [0.717, 1.165) is 11.1 Å². The summed E-state index contributed by atoms with van der Waals surface area (Å²) in [6.07, 6.45) is 2.56. The predicted octanol–water partition coefficient (Wildman–Crippen LogP) is 6.72. The van der Waals surface area contributed by atoms with Gasteiger partial charge in [0.1, 0.15) is 9.49 Å². The molecule has 37 heavy (non-hydrogen) atoms. The van der Waals surface area contributed by atoms with Gasteiger partial charge in [-0.25, -0.2) is 0 Å². The molecule has 184 valence electrons. The third kappa shape index (κ3) is 4.76. The van der Waals surface area contributed by atoms with Crippen LogP contribution in [0.2, 0.25) is 0 Å². The average molecular weight is 511 g/mol. The van der Waals surface area contributed by atoms with E-state index in [-0.39, 0.29) is 11.4 Å². The van der Waals surface area contributed by atoms with E-state index in [9.17, 15) is 20.2 Å². The van der Waals surface area contributed by atoms with E-state index < -0.39 is 19.3 Å². The van der Waals surface area contributed by atoms with Gasteiger partial charge >= 0.3 is 0 Å². The number of thioether (sulfide) groups is 1. The minimum absolute atomic E-state index is 0.0718. The molecule has 0 aliphatic carbocycles. The summed E-state index contributed by atoms with van der Waals surface area (Å²) in [5.41, 5.74) is 2.58. The SMILES string of the molecule is N=CC(SC(C=N)(c1ccccc1)c1ccc([N+](=O)[O-])cc1)(c1ccccc1)c1ccc([N+](=O)[O-])cc1. The Morgan fingerprint density at radius 1 is 0.541 bits per heavy atom. The molecule has 4 aromatic carbocycles. The molecule has 0 saturated carbocycles. The minimum Gasteiger partial charge on any atom is -0.311 e. The fourth-order valence-corrected chi connectivity index (χ4v) is 5.89. The van der Waals surface area contributed by atoms with Gasteiger partial charge in [0, 0.05) is 36.7 Å². The van der Waals surface area contributed by atoms with E-state index in [4.69, 9.17) is 10.8 Å². The fraction of sp³-hybridized carbons (Fsp3) is 0.0714. The quantitative estimate of drug-likeness (QED) is 0.139. The normalized spacial score (nSPS) is 14.1. The van der Waals surface area contributed by atoms with Gasteiger partial charge < -0.3 is 10.8 Å². The Labute approximate surface area is 217 Å². The van der Waals surface area contributed by atoms with Crippen LogP contribution >= 0.6 is 11.8 Å². The summed E-state index contributed by atoms with van der Waals surface area (Å²) in [6, 6.07) is 30.7. The van der Waals surface area contributed by atoms with Crippen molar-refractivity contribution in [3.63, 3.8) is 0 Å². The highest BCUT2D eigenvalue weighted by molar-refractivity contribution is 8.02. The van der Waals surface area contributed by atoms with Crippen molar-refractivity contribution in [1.82, 2.24) is 0 Å². The van der Waals surface area contributed by atoms with Gasteiger partial charge in [-0.2, -0.15) is 0 Å². The molecule has 0 amide bonds. The minimum atomic E-state index is -1.16. The third-order valence-corrected chi connectivity index (χ3v) is 7.97. The van der Waals surface area contributed by atoms with Crippen molar-refractivity contribution < 1.29 is 9.85 Å². The maximum Gasteiger partial charge on any atom is 0.269 e. The van der Waals surface area contributed by atoms with E-state index in [0.29, 0.717) is 11.1 Å². The first kappa shape index (κ1) is 25.5. The molecule has 0 radical (unpaired) electrons. The molecular weight excluding hydrogens is 488 g/mol. The third-order valence-electron chi connectivity index (χ3n) is 6.15. The largest absolute Gasteiger partial charge is 0.311 e. The van der Waals surface area contributed by atoms with Crippen LogP contribution in [0.5, 0.6) is 0 Å². The first-order valence-corrected chi connectivity index (χ1v) is 12.0. The Balaban J connectivity index is 1.99. The van der Waals surface area contributed by atoms with E-state index in [1.807, 2.05) is 60.7 Å². The highest BCUT2D eigenvalue weighted by atomic mass is 32.2. The Morgan fingerprint density at radius 2 is 0.838 bits per heavy atom. The van der Waals surface area contributed by atoms with Crippen LogP contribution in [-0.2, 0) is 9.49 Å². The zero-order valence-electron chi connectivity index (χ0n) is 19.5. The fourth-order valence-electron chi connectivity index (χ4n) is 4.25. The lowest BCUT2D eigenvalue weighted by atomic mass is 9.90. The van der Waals surface area contributed by atoms with Gasteiger partial charge in [0.05, 0.1) is 9.85 Å². The summed E-state index contributed by atoms with van der Waals surface area (Å²) in [7, 11) is 0. The van der Waals surface area contributed by atoms with Crippen molar-refractivity contribution in [2.24, 2.45) is 0 Å². The van der Waals surface area contributed by atoms with Crippen LogP contribution in [0.25, 0.3) is 0 Å². The van der Waals surface area contributed by atoms with Gasteiger partial charge in [-0.1, -0.05) is 84.9 Å². The molecule has 0 aliphatic rings. The van der Waals surface area contributed by atoms with E-state index in [2.05, 4.69) is 0 Å². The van der Waals surface area contributed by atoms with Gasteiger partial charge in [0.2, 0.25) is 0 Å². The molecule has 0 aromatic heterocycles. The number of nitrogens with one attached hydrogen (secondary N) is 2. The van der Waals surface area contributed by atoms with Gasteiger partial charge in [-0.05, 0) is 22.3 Å². The maximum atomic E-state index is 11.3. The second-order valence-corrected chi connectivity index (χ2v) is 9.69. The first-order valence-electron chi connectivity index (χ1n) is 11.2. The predicted molar refractivity (Wildman–Crippen MR) is 146 cm³/mol. The van der Waals surface area contributed by atoms with Crippen molar-refractivity contribution in [1.29, 1.82) is 10.8 Å². The monoisotopic (exact) mass is 510 g/mol. The number of hydrogen-bond donors (Lipinski definition) is 2. The van der Waals surface area contributed by atoms with Gasteiger partial charge in [0.15, 0.2) is 0 Å². The highest BCUT2D eigenvalue weighted by Crippen LogP contribution is 2.54. The number of rotatable bonds is 10. The number of hydrogen-bond acceptors (Lipinski definition) is 7. The molecule has 0 bridgehead atoms. The van der Waals surface area contributed by atoms with Gasteiger partial charge in [-0.3, -0.25) is 20.2 Å². The molecule has 9 heteroatoms. The number of nitro groups is 2. The molecule has 8 nitrogen and oxygen atoms in total. The first-order chi connectivity index (χ1) is 17.9. The van der Waals surface area contributed by atoms with Gasteiger partial charge in [-0.15, -0.1) is 11.8 Å². The number of nitrogens with zero attached hydrogens (tertiary/aromatic N) is 2. The average Bonchev–Trinajstić information content (AvgIpc) is 2.95. The van der Waals surface area contributed by atoms with Crippen LogP contribution in [0.3, 0.4) is 0 Å². The van der Waals surface area contributed by atoms with E-state index >= 15 is 0 Å². The summed E-state index contributed by atoms with van der Waals surface area (Å²) in [4.78, 5) is 21.6. The second-order valence-electron chi connectivity index (χ2n) is 8.20. The Kier molecular flexibility index (Phi) is 7.26. The lowest BCUT2D eigenvalue weighted by Crippen LogP contribution is -2.36. The summed E-state index contributed by atoms with van der Waals surface area (Å²) in [5, 5.41) is 39.9. The lowest BCUT2D eigenvalue weighted by Gasteiger charge is -2.40. The highest BCUT2D eigenvalue weighted by Gasteiger charge is 2.45. The molecular formula is C28H22N4O4S. The number of non-ortho nitro benzene ring substituents is 2. The smallest absolute Gasteiger partial charge is 0.269 e. The number of benzene rings is 4. The molecule has 2 N–H and O–H groups in total. The van der Waals surface area contributed by atoms with Crippen molar-refractivity contribution in [3.05, 3.63) is 152 Å². The van der Waals surface area contributed by atoms with Crippen LogP contribution in [0.4, 0.5) is 11.4 Å². The molecule has 2 atom stereocenters. The van der Waals surface area contributed by atoms with E-state index in [1.165, 1.54) is 48.5 Å². The van der Waals surface area contributed by atoms with Crippen molar-refractivity contribution in [3.8, 4) is 0 Å². The molecule has 4 aromatic rings. The molecule has 2 unspecified atom stereocenters. The van der Waals surface area contributed by atoms with Crippen LogP contribution in [0.15, 0.2) is 109 Å². The maximum absolute atomic E-state index is 11.3. The van der Waals surface area contributed by atoms with Crippen LogP contribution in [0, 0.1) is 31.0 Å². The zero-order valence-corrected chi connectivity index (χ0v) is 20.3. The lowest BCUT2D eigenvalue weighted by molar-refractivity contribution is -0.385. The molecule has 0 aliphatic heterocycles. The molecule has 0 saturated heterocycles. The standard InChI is InChI=1S/C28H22N4O4S/c29-19-27(21-7-3-1-4-8-21,23-11-15-25(16-12-23)31(33)34)37-28(20-30,22-9-5-2-6-10-22)24-13-17-26(18-14-24)32(35)36/h1-20,29-30H. The van der Waals surface area contributed by atoms with Crippen molar-refractivity contribution in [2.45, 2.75) is 9.49 Å². The Bertz CT molecular complexity index is 1320. The van der Waals surface area contributed by atoms with E-state index in [1.54, 1.807) is 24.3 Å². The van der Waals surface area contributed by atoms with Crippen molar-refractivity contribution >= 4 is 35.6 Å². The summed E-state index contributed by atoms with van der Waals surface area (Å²) >= 11 is 1.30. The molecule has 0 heterocycles. The van der Waals surface area contributed by atoms with Gasteiger partial charge in [0.25, 0.3) is 11.4 Å². The Morgan fingerprint density at radius 3 is 1.11 bits per heavy atom. The Hall–Kier alpha value is -4.63. The zero-order chi connectivity index (χ0) is 26.5. The summed E-state index contributed by atoms with van der Waals surface area (Å²) in [6.45, 7) is 0. The van der Waals surface area contributed by atoms with Crippen LogP contribution in [-0.4, -0.2) is 22.3 Å². The summed E-state index contributed by atoms with van der Waals surface area (Å²) in [5.74, 6) is 0. The van der Waals surface area contributed by atoms with Crippen molar-refractivity contribution in [2.75, 3.05) is 0 Å². The second kappa shape index (κ2) is 10.5. The van der Waals surface area contributed by atoms with Crippen LogP contribution < -0.4 is 0 Å². The summed E-state index contributed by atoms with van der Waals surface area (Å²) < 4.78 is -2.32. The van der Waals surface area contributed by atoms with Crippen LogP contribution in [0.1, 0.15) is 22.3 Å². The molecule has 0 spiro atoms.